The maximum atomic E-state index is 11.1. The SMILES string of the molecule is CC(CO)c1ccc2c(c1)CC(=O)N2. The second-order valence-electron chi connectivity index (χ2n) is 3.73. The van der Waals surface area contributed by atoms with Gasteiger partial charge >= 0.3 is 0 Å². The summed E-state index contributed by atoms with van der Waals surface area (Å²) in [4.78, 5) is 11.1. The summed E-state index contributed by atoms with van der Waals surface area (Å²) in [5, 5.41) is 11.8. The van der Waals surface area contributed by atoms with Gasteiger partial charge in [0.25, 0.3) is 0 Å². The van der Waals surface area contributed by atoms with Crippen LogP contribution < -0.4 is 5.32 Å². The molecule has 1 aliphatic rings. The van der Waals surface area contributed by atoms with Gasteiger partial charge in [0.2, 0.25) is 5.91 Å². The van der Waals surface area contributed by atoms with Crippen molar-refractivity contribution in [2.75, 3.05) is 11.9 Å². The second-order valence-corrected chi connectivity index (χ2v) is 3.73. The minimum absolute atomic E-state index is 0.0498. The largest absolute Gasteiger partial charge is 0.396 e. The van der Waals surface area contributed by atoms with Crippen LogP contribution in [-0.4, -0.2) is 17.6 Å². The third-order valence-electron chi connectivity index (χ3n) is 2.60. The molecule has 74 valence electrons. The number of nitrogens with one attached hydrogen (secondary N) is 1. The normalized spacial score (nSPS) is 16.3. The minimum Gasteiger partial charge on any atom is -0.396 e. The standard InChI is InChI=1S/C11H13NO2/c1-7(6-13)8-2-3-10-9(4-8)5-11(14)12-10/h2-4,7,13H,5-6H2,1H3,(H,12,14). The Morgan fingerprint density at radius 3 is 3.07 bits per heavy atom. The molecule has 1 aromatic carbocycles. The van der Waals surface area contributed by atoms with Crippen molar-refractivity contribution in [1.29, 1.82) is 0 Å². The predicted octanol–water partition coefficient (Wildman–Crippen LogP) is 1.28. The van der Waals surface area contributed by atoms with Crippen molar-refractivity contribution in [3.05, 3.63) is 29.3 Å². The first kappa shape index (κ1) is 9.21. The van der Waals surface area contributed by atoms with Gasteiger partial charge in [-0.05, 0) is 17.2 Å². The van der Waals surface area contributed by atoms with E-state index in [9.17, 15) is 4.79 Å². The number of hydrogen-bond donors (Lipinski definition) is 2. The topological polar surface area (TPSA) is 49.3 Å². The average molecular weight is 191 g/mol. The number of carbonyl (C=O) groups is 1. The molecule has 1 aromatic rings. The number of hydrogen-bond acceptors (Lipinski definition) is 2. The molecule has 2 rings (SSSR count). The van der Waals surface area contributed by atoms with Crippen LogP contribution in [0.4, 0.5) is 5.69 Å². The van der Waals surface area contributed by atoms with E-state index < -0.39 is 0 Å². The lowest BCUT2D eigenvalue weighted by atomic mass is 9.99. The molecule has 0 aromatic heterocycles. The Morgan fingerprint density at radius 2 is 2.36 bits per heavy atom. The van der Waals surface area contributed by atoms with E-state index in [0.717, 1.165) is 16.8 Å². The van der Waals surface area contributed by atoms with Gasteiger partial charge in [0.05, 0.1) is 6.42 Å². The molecular weight excluding hydrogens is 178 g/mol. The molecule has 3 heteroatoms. The first-order chi connectivity index (χ1) is 6.70. The Labute approximate surface area is 82.8 Å². The molecule has 3 nitrogen and oxygen atoms in total. The average Bonchev–Trinajstić information content (AvgIpc) is 2.55. The van der Waals surface area contributed by atoms with Gasteiger partial charge in [-0.1, -0.05) is 19.1 Å². The first-order valence-electron chi connectivity index (χ1n) is 4.74. The van der Waals surface area contributed by atoms with Crippen LogP contribution in [-0.2, 0) is 11.2 Å². The summed E-state index contributed by atoms with van der Waals surface area (Å²) in [7, 11) is 0. The van der Waals surface area contributed by atoms with Crippen LogP contribution in [0.2, 0.25) is 0 Å². The smallest absolute Gasteiger partial charge is 0.228 e. The van der Waals surface area contributed by atoms with E-state index in [1.165, 1.54) is 0 Å². The van der Waals surface area contributed by atoms with Crippen molar-refractivity contribution in [2.24, 2.45) is 0 Å². The van der Waals surface area contributed by atoms with Crippen LogP contribution in [0.25, 0.3) is 0 Å². The lowest BCUT2D eigenvalue weighted by molar-refractivity contribution is -0.115. The van der Waals surface area contributed by atoms with E-state index in [-0.39, 0.29) is 18.4 Å². The van der Waals surface area contributed by atoms with Crippen molar-refractivity contribution in [3.63, 3.8) is 0 Å². The molecule has 0 radical (unpaired) electrons. The summed E-state index contributed by atoms with van der Waals surface area (Å²) in [6.45, 7) is 2.10. The number of aliphatic hydroxyl groups is 1. The van der Waals surface area contributed by atoms with Gasteiger partial charge in [0, 0.05) is 18.2 Å². The molecule has 0 bridgehead atoms. The van der Waals surface area contributed by atoms with E-state index in [4.69, 9.17) is 5.11 Å². The lowest BCUT2D eigenvalue weighted by Crippen LogP contribution is -2.03. The van der Waals surface area contributed by atoms with Crippen molar-refractivity contribution in [3.8, 4) is 0 Å². The summed E-state index contributed by atoms with van der Waals surface area (Å²) in [6, 6.07) is 5.85. The Balaban J connectivity index is 2.32. The van der Waals surface area contributed by atoms with Crippen LogP contribution in [0.15, 0.2) is 18.2 Å². The maximum Gasteiger partial charge on any atom is 0.228 e. The van der Waals surface area contributed by atoms with Crippen LogP contribution >= 0.6 is 0 Å². The van der Waals surface area contributed by atoms with Gasteiger partial charge in [-0.3, -0.25) is 4.79 Å². The number of rotatable bonds is 2. The van der Waals surface area contributed by atoms with Crippen molar-refractivity contribution >= 4 is 11.6 Å². The van der Waals surface area contributed by atoms with Crippen molar-refractivity contribution in [2.45, 2.75) is 19.3 Å². The number of aliphatic hydroxyl groups excluding tert-OH is 1. The number of carbonyl (C=O) groups excluding carboxylic acids is 1. The van der Waals surface area contributed by atoms with Crippen LogP contribution in [0.1, 0.15) is 24.0 Å². The Bertz CT molecular complexity index is 374. The Morgan fingerprint density at radius 1 is 1.57 bits per heavy atom. The van der Waals surface area contributed by atoms with E-state index in [1.54, 1.807) is 0 Å². The maximum absolute atomic E-state index is 11.1. The second kappa shape index (κ2) is 3.42. The molecule has 0 saturated carbocycles. The summed E-state index contributed by atoms with van der Waals surface area (Å²) < 4.78 is 0. The Hall–Kier alpha value is -1.35. The molecule has 1 unspecified atom stereocenters. The molecule has 2 N–H and O–H groups in total. The third-order valence-corrected chi connectivity index (χ3v) is 2.60. The molecule has 0 saturated heterocycles. The number of benzene rings is 1. The van der Waals surface area contributed by atoms with Gasteiger partial charge in [-0.25, -0.2) is 0 Å². The van der Waals surface area contributed by atoms with Crippen molar-refractivity contribution in [1.82, 2.24) is 0 Å². The molecule has 1 aliphatic heterocycles. The number of anilines is 1. The molecule has 0 spiro atoms. The highest BCUT2D eigenvalue weighted by Gasteiger charge is 2.18. The van der Waals surface area contributed by atoms with Crippen molar-refractivity contribution < 1.29 is 9.90 Å². The third kappa shape index (κ3) is 1.51. The summed E-state index contributed by atoms with van der Waals surface area (Å²) in [5.74, 6) is 0.185. The molecule has 1 atom stereocenters. The quantitative estimate of drug-likeness (QED) is 0.739. The number of amides is 1. The van der Waals surface area contributed by atoms with E-state index in [0.29, 0.717) is 6.42 Å². The molecule has 1 amide bonds. The molecule has 1 heterocycles. The highest BCUT2D eigenvalue weighted by molar-refractivity contribution is 5.99. The molecule has 0 fully saturated rings. The fourth-order valence-corrected chi connectivity index (χ4v) is 1.66. The van der Waals surface area contributed by atoms with E-state index >= 15 is 0 Å². The minimum atomic E-state index is 0.0498. The van der Waals surface area contributed by atoms with Crippen LogP contribution in [0.5, 0.6) is 0 Å². The molecular formula is C11H13NO2. The molecule has 14 heavy (non-hydrogen) atoms. The number of fused-ring (bicyclic) bond motifs is 1. The first-order valence-corrected chi connectivity index (χ1v) is 4.74. The zero-order chi connectivity index (χ0) is 10.1. The monoisotopic (exact) mass is 191 g/mol. The van der Waals surface area contributed by atoms with E-state index in [1.807, 2.05) is 25.1 Å². The van der Waals surface area contributed by atoms with Gasteiger partial charge in [0.15, 0.2) is 0 Å². The van der Waals surface area contributed by atoms with E-state index in [2.05, 4.69) is 5.32 Å². The van der Waals surface area contributed by atoms with Crippen LogP contribution in [0, 0.1) is 0 Å². The highest BCUT2D eigenvalue weighted by atomic mass is 16.3. The predicted molar refractivity (Wildman–Crippen MR) is 54.3 cm³/mol. The van der Waals surface area contributed by atoms with Gasteiger partial charge < -0.3 is 10.4 Å². The highest BCUT2D eigenvalue weighted by Crippen LogP contribution is 2.26. The Kier molecular flexibility index (Phi) is 2.25. The summed E-state index contributed by atoms with van der Waals surface area (Å²) in [5.41, 5.74) is 3.03. The van der Waals surface area contributed by atoms with Gasteiger partial charge in [0.1, 0.15) is 0 Å². The lowest BCUT2D eigenvalue weighted by Gasteiger charge is -2.09. The molecule has 0 aliphatic carbocycles. The van der Waals surface area contributed by atoms with Gasteiger partial charge in [-0.15, -0.1) is 0 Å². The fourth-order valence-electron chi connectivity index (χ4n) is 1.66. The summed E-state index contributed by atoms with van der Waals surface area (Å²) >= 11 is 0. The zero-order valence-corrected chi connectivity index (χ0v) is 8.08. The van der Waals surface area contributed by atoms with Gasteiger partial charge in [-0.2, -0.15) is 0 Å². The van der Waals surface area contributed by atoms with Crippen LogP contribution in [0.3, 0.4) is 0 Å². The summed E-state index contributed by atoms with van der Waals surface area (Å²) in [6.07, 6.45) is 0.460. The zero-order valence-electron chi connectivity index (χ0n) is 8.08. The fraction of sp³-hybridized carbons (Fsp3) is 0.364.